The quantitative estimate of drug-likeness (QED) is 0.285. The lowest BCUT2D eigenvalue weighted by atomic mass is 10.0. The zero-order valence-corrected chi connectivity index (χ0v) is 9.30. The highest BCUT2D eigenvalue weighted by Crippen LogP contribution is 2.25. The Morgan fingerprint density at radius 2 is 2.06 bits per heavy atom. The maximum Gasteiger partial charge on any atom is 0.211 e. The van der Waals surface area contributed by atoms with Crippen LogP contribution in [0.4, 0.5) is 0 Å². The van der Waals surface area contributed by atoms with Crippen LogP contribution in [0.25, 0.3) is 0 Å². The van der Waals surface area contributed by atoms with E-state index >= 15 is 0 Å². The molecule has 0 amide bonds. The maximum absolute atomic E-state index is 5.25. The molecule has 0 atom stereocenters. The predicted octanol–water partition coefficient (Wildman–Crippen LogP) is -0.0971. The fourth-order valence-electron chi connectivity index (χ4n) is 1.96. The van der Waals surface area contributed by atoms with Crippen molar-refractivity contribution in [1.82, 2.24) is 0 Å². The van der Waals surface area contributed by atoms with Gasteiger partial charge in [-0.05, 0) is 24.0 Å². The largest absolute Gasteiger partial charge is 0.369 e. The Labute approximate surface area is 98.9 Å². The van der Waals surface area contributed by atoms with E-state index in [2.05, 4.69) is 15.3 Å². The van der Waals surface area contributed by atoms with Crippen molar-refractivity contribution >= 4 is 17.9 Å². The van der Waals surface area contributed by atoms with E-state index in [9.17, 15) is 0 Å². The fourth-order valence-corrected chi connectivity index (χ4v) is 1.96. The summed E-state index contributed by atoms with van der Waals surface area (Å²) in [4.78, 5) is 0. The van der Waals surface area contributed by atoms with Gasteiger partial charge in [0.05, 0.1) is 11.9 Å². The van der Waals surface area contributed by atoms with Crippen molar-refractivity contribution in [3.63, 3.8) is 0 Å². The molecule has 6 N–H and O–H groups in total. The van der Waals surface area contributed by atoms with Gasteiger partial charge >= 0.3 is 0 Å². The van der Waals surface area contributed by atoms with E-state index in [1.54, 1.807) is 6.21 Å². The number of hydrogen-bond donors (Lipinski definition) is 3. The van der Waals surface area contributed by atoms with Gasteiger partial charge in [0.15, 0.2) is 0 Å². The molecule has 0 spiro atoms. The summed E-state index contributed by atoms with van der Waals surface area (Å²) >= 11 is 0. The van der Waals surface area contributed by atoms with E-state index in [-0.39, 0.29) is 5.96 Å². The van der Waals surface area contributed by atoms with Crippen LogP contribution in [0.3, 0.4) is 0 Å². The molecule has 17 heavy (non-hydrogen) atoms. The van der Waals surface area contributed by atoms with Crippen LogP contribution in [0.1, 0.15) is 23.1 Å². The topological polar surface area (TPSA) is 115 Å². The molecule has 0 saturated carbocycles. The average Bonchev–Trinajstić information content (AvgIpc) is 2.71. The minimum Gasteiger partial charge on any atom is -0.369 e. The standard InChI is InChI=1S/C11H14N6/c12-11(13)17-16-10-5-4-8-7(6-15-14)2-1-3-9(8)10/h1-3,6H,4-5,14H2,(H4,12,13,17)/b15-6+,16-10+. The molecule has 1 aromatic rings. The maximum atomic E-state index is 5.25. The molecule has 0 radical (unpaired) electrons. The molecule has 1 aliphatic carbocycles. The van der Waals surface area contributed by atoms with Crippen molar-refractivity contribution < 1.29 is 0 Å². The van der Waals surface area contributed by atoms with E-state index in [0.29, 0.717) is 0 Å². The number of nitrogens with zero attached hydrogens (tertiary/aromatic N) is 3. The second-order valence-corrected chi connectivity index (χ2v) is 3.72. The third-order valence-electron chi connectivity index (χ3n) is 2.63. The number of hydrogen-bond acceptors (Lipinski definition) is 4. The zero-order valence-electron chi connectivity index (χ0n) is 9.30. The Morgan fingerprint density at radius 1 is 1.24 bits per heavy atom. The SMILES string of the molecule is N/N=C/c1cccc2c1CC/C2=N\N=C(N)N. The summed E-state index contributed by atoms with van der Waals surface area (Å²) in [5.41, 5.74) is 14.7. The van der Waals surface area contributed by atoms with Crippen LogP contribution in [0.5, 0.6) is 0 Å². The molecule has 0 unspecified atom stereocenters. The number of nitrogens with two attached hydrogens (primary N) is 3. The van der Waals surface area contributed by atoms with Gasteiger partial charge in [0.1, 0.15) is 0 Å². The third kappa shape index (κ3) is 2.25. The van der Waals surface area contributed by atoms with Crippen LogP contribution in [0, 0.1) is 0 Å². The van der Waals surface area contributed by atoms with Crippen LogP contribution < -0.4 is 17.3 Å². The molecular weight excluding hydrogens is 216 g/mol. The smallest absolute Gasteiger partial charge is 0.211 e. The number of guanidine groups is 1. The molecule has 1 aromatic carbocycles. The second kappa shape index (κ2) is 4.65. The third-order valence-corrected chi connectivity index (χ3v) is 2.63. The van der Waals surface area contributed by atoms with Gasteiger partial charge in [-0.25, -0.2) is 0 Å². The molecule has 0 bridgehead atoms. The van der Waals surface area contributed by atoms with Crippen molar-refractivity contribution in [3.05, 3.63) is 34.9 Å². The van der Waals surface area contributed by atoms with Crippen LogP contribution >= 0.6 is 0 Å². The van der Waals surface area contributed by atoms with Gasteiger partial charge in [0, 0.05) is 5.56 Å². The Morgan fingerprint density at radius 3 is 2.76 bits per heavy atom. The molecule has 0 fully saturated rings. The van der Waals surface area contributed by atoms with Crippen LogP contribution in [-0.4, -0.2) is 17.9 Å². The van der Waals surface area contributed by atoms with E-state index in [1.165, 1.54) is 5.56 Å². The molecule has 6 nitrogen and oxygen atoms in total. The highest BCUT2D eigenvalue weighted by atomic mass is 15.3. The molecule has 2 rings (SSSR count). The van der Waals surface area contributed by atoms with E-state index in [4.69, 9.17) is 17.3 Å². The van der Waals surface area contributed by atoms with Gasteiger partial charge in [-0.15, -0.1) is 5.10 Å². The minimum atomic E-state index is -0.0365. The van der Waals surface area contributed by atoms with Crippen LogP contribution in [0.15, 0.2) is 33.5 Å². The summed E-state index contributed by atoms with van der Waals surface area (Å²) in [5.74, 6) is 5.14. The highest BCUT2D eigenvalue weighted by molar-refractivity contribution is 6.06. The Kier molecular flexibility index (Phi) is 3.04. The zero-order chi connectivity index (χ0) is 12.3. The van der Waals surface area contributed by atoms with Crippen molar-refractivity contribution in [2.75, 3.05) is 0 Å². The number of hydrazone groups is 1. The summed E-state index contributed by atoms with van der Waals surface area (Å²) in [7, 11) is 0. The highest BCUT2D eigenvalue weighted by Gasteiger charge is 2.19. The van der Waals surface area contributed by atoms with Gasteiger partial charge < -0.3 is 17.3 Å². The Hall–Kier alpha value is -2.37. The number of rotatable bonds is 2. The second-order valence-electron chi connectivity index (χ2n) is 3.72. The monoisotopic (exact) mass is 230 g/mol. The lowest BCUT2D eigenvalue weighted by molar-refractivity contribution is 1.07. The van der Waals surface area contributed by atoms with Crippen molar-refractivity contribution in [3.8, 4) is 0 Å². The van der Waals surface area contributed by atoms with E-state index in [1.807, 2.05) is 18.2 Å². The molecule has 0 heterocycles. The van der Waals surface area contributed by atoms with Gasteiger partial charge in [-0.3, -0.25) is 0 Å². The number of fused-ring (bicyclic) bond motifs is 1. The predicted molar refractivity (Wildman–Crippen MR) is 68.9 cm³/mol. The van der Waals surface area contributed by atoms with Gasteiger partial charge in [0.2, 0.25) is 5.96 Å². The molecule has 0 aliphatic heterocycles. The summed E-state index contributed by atoms with van der Waals surface area (Å²) in [6, 6.07) is 5.90. The molecule has 0 saturated heterocycles. The average molecular weight is 230 g/mol. The minimum absolute atomic E-state index is 0.0365. The van der Waals surface area contributed by atoms with Crippen molar-refractivity contribution in [2.24, 2.45) is 32.6 Å². The molecule has 1 aliphatic rings. The summed E-state index contributed by atoms with van der Waals surface area (Å²) < 4.78 is 0. The normalized spacial score (nSPS) is 16.4. The molecular formula is C11H14N6. The molecule has 6 heteroatoms. The van der Waals surface area contributed by atoms with Gasteiger partial charge in [-0.1, -0.05) is 18.2 Å². The fraction of sp³-hybridized carbons (Fsp3) is 0.182. The summed E-state index contributed by atoms with van der Waals surface area (Å²) in [5, 5.41) is 11.3. The first-order valence-electron chi connectivity index (χ1n) is 5.23. The van der Waals surface area contributed by atoms with Crippen LogP contribution in [0.2, 0.25) is 0 Å². The Balaban J connectivity index is 2.43. The lowest BCUT2D eigenvalue weighted by Crippen LogP contribution is -2.22. The van der Waals surface area contributed by atoms with E-state index in [0.717, 1.165) is 29.7 Å². The van der Waals surface area contributed by atoms with Gasteiger partial charge in [-0.2, -0.15) is 10.2 Å². The van der Waals surface area contributed by atoms with Crippen molar-refractivity contribution in [1.29, 1.82) is 0 Å². The number of benzene rings is 1. The molecule has 0 aromatic heterocycles. The van der Waals surface area contributed by atoms with Crippen LogP contribution in [-0.2, 0) is 6.42 Å². The summed E-state index contributed by atoms with van der Waals surface area (Å²) in [6.45, 7) is 0. The first kappa shape index (κ1) is 11.1. The Bertz CT molecular complexity index is 511. The van der Waals surface area contributed by atoms with Crippen molar-refractivity contribution in [2.45, 2.75) is 12.8 Å². The molecule has 88 valence electrons. The summed E-state index contributed by atoms with van der Waals surface area (Å²) in [6.07, 6.45) is 3.36. The first-order chi connectivity index (χ1) is 8.22. The van der Waals surface area contributed by atoms with Gasteiger partial charge in [0.25, 0.3) is 0 Å². The lowest BCUT2D eigenvalue weighted by Gasteiger charge is -2.02. The first-order valence-corrected chi connectivity index (χ1v) is 5.23. The van der Waals surface area contributed by atoms with E-state index < -0.39 is 0 Å².